The van der Waals surface area contributed by atoms with Crippen molar-refractivity contribution in [2.45, 2.75) is 37.5 Å². The van der Waals surface area contributed by atoms with Crippen molar-refractivity contribution < 1.29 is 28.8 Å². The van der Waals surface area contributed by atoms with Crippen LogP contribution in [0.5, 0.6) is 5.75 Å². The Balaban J connectivity index is 2.12. The summed E-state index contributed by atoms with van der Waals surface area (Å²) >= 11 is 0. The van der Waals surface area contributed by atoms with Gasteiger partial charge in [0.1, 0.15) is 11.0 Å². The molecule has 0 radical (unpaired) electrons. The third kappa shape index (κ3) is 4.73. The topological polar surface area (TPSA) is 115 Å². The van der Waals surface area contributed by atoms with Crippen LogP contribution in [0.2, 0.25) is 0 Å². The van der Waals surface area contributed by atoms with E-state index in [-0.39, 0.29) is 22.6 Å². The maximum absolute atomic E-state index is 12.1. The fourth-order valence-corrected chi connectivity index (χ4v) is 5.16. The van der Waals surface area contributed by atoms with Gasteiger partial charge < -0.3 is 20.4 Å². The minimum atomic E-state index is -3.57. The van der Waals surface area contributed by atoms with Gasteiger partial charge in [0.15, 0.2) is 9.84 Å². The molecule has 0 unspecified atom stereocenters. The molecule has 0 spiro atoms. The highest BCUT2D eigenvalue weighted by molar-refractivity contribution is 7.92. The number of aliphatic hydroxyl groups is 3. The van der Waals surface area contributed by atoms with Crippen molar-refractivity contribution in [2.75, 3.05) is 19.0 Å². The van der Waals surface area contributed by atoms with Crippen molar-refractivity contribution >= 4 is 15.9 Å². The fraction of sp³-hybridized carbons (Fsp3) is 0.474. The van der Waals surface area contributed by atoms with Crippen molar-refractivity contribution in [1.29, 1.82) is 0 Å². The maximum Gasteiger partial charge on any atom is 0.163 e. The third-order valence-corrected chi connectivity index (χ3v) is 6.76. The van der Waals surface area contributed by atoms with Crippen molar-refractivity contribution in [2.24, 2.45) is 0 Å². The molecule has 1 aliphatic heterocycles. The molecule has 6 nitrogen and oxygen atoms in total. The lowest BCUT2D eigenvalue weighted by Gasteiger charge is -2.19. The summed E-state index contributed by atoms with van der Waals surface area (Å²) in [5.41, 5.74) is 2.54. The Labute approximate surface area is 154 Å². The lowest BCUT2D eigenvalue weighted by Crippen LogP contribution is -2.29. The van der Waals surface area contributed by atoms with Gasteiger partial charge in [-0.05, 0) is 48.1 Å². The first-order valence-corrected chi connectivity index (χ1v) is 10.4. The van der Waals surface area contributed by atoms with E-state index in [0.717, 1.165) is 17.6 Å². The zero-order chi connectivity index (χ0) is 19.3. The molecule has 1 heterocycles. The summed E-state index contributed by atoms with van der Waals surface area (Å²) in [6.07, 6.45) is 2.58. The number of allylic oxidation sites excluding steroid dienone is 1. The van der Waals surface area contributed by atoms with Crippen LogP contribution < -0.4 is 0 Å². The van der Waals surface area contributed by atoms with E-state index in [4.69, 9.17) is 0 Å². The lowest BCUT2D eigenvalue weighted by molar-refractivity contribution is 0.186. The van der Waals surface area contributed by atoms with Gasteiger partial charge in [0, 0.05) is 0 Å². The molecule has 2 rings (SSSR count). The number of phenols is 1. The summed E-state index contributed by atoms with van der Waals surface area (Å²) in [4.78, 5) is 0. The van der Waals surface area contributed by atoms with Gasteiger partial charge in [-0.2, -0.15) is 0 Å². The van der Waals surface area contributed by atoms with Crippen molar-refractivity contribution in [3.05, 3.63) is 46.5 Å². The predicted octanol–water partition coefficient (Wildman–Crippen LogP) is 1.40. The molecule has 0 aliphatic carbocycles. The molecule has 0 aromatic heterocycles. The second-order valence-electron chi connectivity index (χ2n) is 6.50. The van der Waals surface area contributed by atoms with Crippen LogP contribution >= 0.6 is 0 Å². The molecule has 26 heavy (non-hydrogen) atoms. The predicted molar refractivity (Wildman–Crippen MR) is 100 cm³/mol. The monoisotopic (exact) mass is 382 g/mol. The van der Waals surface area contributed by atoms with E-state index in [1.54, 1.807) is 24.3 Å². The van der Waals surface area contributed by atoms with E-state index in [9.17, 15) is 28.8 Å². The van der Waals surface area contributed by atoms with Crippen LogP contribution in [0.25, 0.3) is 6.08 Å². The molecule has 0 bridgehead atoms. The van der Waals surface area contributed by atoms with Gasteiger partial charge in [-0.1, -0.05) is 30.7 Å². The molecule has 1 aromatic rings. The number of hydrogen-bond donors (Lipinski definition) is 4. The largest absolute Gasteiger partial charge is 0.508 e. The third-order valence-electron chi connectivity index (χ3n) is 4.74. The van der Waals surface area contributed by atoms with Crippen LogP contribution in [0.1, 0.15) is 31.7 Å². The van der Waals surface area contributed by atoms with Crippen molar-refractivity contribution in [1.82, 2.24) is 0 Å². The number of rotatable bonds is 8. The normalized spacial score (nSPS) is 21.2. The minimum Gasteiger partial charge on any atom is -0.508 e. The fourth-order valence-electron chi connectivity index (χ4n) is 3.28. The Morgan fingerprint density at radius 2 is 1.92 bits per heavy atom. The second-order valence-corrected chi connectivity index (χ2v) is 8.68. The van der Waals surface area contributed by atoms with E-state index in [2.05, 4.69) is 0 Å². The Morgan fingerprint density at radius 1 is 1.27 bits per heavy atom. The van der Waals surface area contributed by atoms with Crippen LogP contribution in [-0.2, 0) is 9.84 Å². The van der Waals surface area contributed by atoms with Crippen LogP contribution in [-0.4, -0.2) is 59.2 Å². The number of phenolic OH excluding ortho intramolecular Hbond substituents is 1. The van der Waals surface area contributed by atoms with Gasteiger partial charge in [-0.15, -0.1) is 0 Å². The first kappa shape index (κ1) is 20.6. The maximum atomic E-state index is 12.1. The molecule has 0 saturated carbocycles. The average Bonchev–Trinajstić information content (AvgIpc) is 2.89. The number of sulfone groups is 1. The Bertz CT molecular complexity index is 777. The van der Waals surface area contributed by atoms with E-state index in [1.165, 1.54) is 0 Å². The van der Waals surface area contributed by atoms with Gasteiger partial charge in [0.05, 0.1) is 25.1 Å². The van der Waals surface area contributed by atoms with Gasteiger partial charge >= 0.3 is 0 Å². The zero-order valence-electron chi connectivity index (χ0n) is 14.8. The van der Waals surface area contributed by atoms with Crippen molar-refractivity contribution in [3.63, 3.8) is 0 Å². The summed E-state index contributed by atoms with van der Waals surface area (Å²) in [7, 11) is -3.57. The molecule has 2 atom stereocenters. The molecule has 4 N–H and O–H groups in total. The number of aromatic hydroxyl groups is 1. The van der Waals surface area contributed by atoms with Gasteiger partial charge in [0.2, 0.25) is 0 Å². The molecule has 0 saturated heterocycles. The van der Waals surface area contributed by atoms with Crippen LogP contribution in [0.4, 0.5) is 0 Å². The molecular weight excluding hydrogens is 356 g/mol. The lowest BCUT2D eigenvalue weighted by atomic mass is 9.94. The molecule has 144 valence electrons. The molecule has 7 heteroatoms. The van der Waals surface area contributed by atoms with E-state index in [1.807, 2.05) is 13.0 Å². The van der Waals surface area contributed by atoms with Crippen LogP contribution in [0, 0.1) is 0 Å². The highest BCUT2D eigenvalue weighted by Crippen LogP contribution is 2.32. The summed E-state index contributed by atoms with van der Waals surface area (Å²) in [5, 5.41) is 37.6. The van der Waals surface area contributed by atoms with Gasteiger partial charge in [-0.25, -0.2) is 8.42 Å². The molecule has 0 amide bonds. The minimum absolute atomic E-state index is 0.191. The molecule has 0 fully saturated rings. The van der Waals surface area contributed by atoms with E-state index in [0.29, 0.717) is 12.8 Å². The number of hydrogen-bond acceptors (Lipinski definition) is 6. The summed E-state index contributed by atoms with van der Waals surface area (Å²) < 4.78 is 24.2. The quantitative estimate of drug-likeness (QED) is 0.505. The molecular formula is C19H26O6S. The van der Waals surface area contributed by atoms with Crippen LogP contribution in [0.15, 0.2) is 41.0 Å². The first-order valence-electron chi connectivity index (χ1n) is 8.64. The number of benzene rings is 1. The first-order chi connectivity index (χ1) is 12.3. The van der Waals surface area contributed by atoms with Crippen molar-refractivity contribution in [3.8, 4) is 5.75 Å². The second kappa shape index (κ2) is 8.81. The molecule has 1 aliphatic rings. The highest BCUT2D eigenvalue weighted by atomic mass is 32.2. The van der Waals surface area contributed by atoms with Crippen LogP contribution in [0.3, 0.4) is 0 Å². The SMILES string of the molecule is CC/C(=C\c1ccc(O)cc1)CC[C@@H](O)C1=C(CO)CS(=O)(=O)[C@H]1CO. The Kier molecular flexibility index (Phi) is 7.00. The molecule has 1 aromatic carbocycles. The number of aliphatic hydroxyl groups excluding tert-OH is 3. The van der Waals surface area contributed by atoms with Gasteiger partial charge in [0.25, 0.3) is 0 Å². The van der Waals surface area contributed by atoms with Gasteiger partial charge in [-0.3, -0.25) is 0 Å². The summed E-state index contributed by atoms with van der Waals surface area (Å²) in [6, 6.07) is 6.78. The Hall–Kier alpha value is -1.67. The summed E-state index contributed by atoms with van der Waals surface area (Å²) in [5.74, 6) is -0.123. The average molecular weight is 382 g/mol. The standard InChI is InChI=1S/C19H26O6S/c1-2-13(9-14-3-6-16(22)7-4-14)5-8-17(23)19-15(10-20)12-26(24,25)18(19)11-21/h3-4,6-7,9,17-18,20-23H,2,5,8,10-12H2,1H3/b13-9+/t17-,18+/m1/s1. The van der Waals surface area contributed by atoms with E-state index < -0.39 is 34.4 Å². The smallest absolute Gasteiger partial charge is 0.163 e. The zero-order valence-corrected chi connectivity index (χ0v) is 15.6. The highest BCUT2D eigenvalue weighted by Gasteiger charge is 2.40. The summed E-state index contributed by atoms with van der Waals surface area (Å²) in [6.45, 7) is 0.960. The van der Waals surface area contributed by atoms with E-state index >= 15 is 0 Å². The Morgan fingerprint density at radius 3 is 2.46 bits per heavy atom.